The van der Waals surface area contributed by atoms with Crippen molar-refractivity contribution in [3.05, 3.63) is 58.9 Å². The van der Waals surface area contributed by atoms with Crippen LogP contribution < -0.4 is 10.5 Å². The molecular formula is C16H16FNO. The molecule has 1 aliphatic carbocycles. The molecule has 3 rings (SSSR count). The predicted molar refractivity (Wildman–Crippen MR) is 73.6 cm³/mol. The summed E-state index contributed by atoms with van der Waals surface area (Å²) in [7, 11) is 0. The number of aryl methyl sites for hydroxylation is 2. The van der Waals surface area contributed by atoms with Crippen molar-refractivity contribution in [1.82, 2.24) is 0 Å². The van der Waals surface area contributed by atoms with E-state index in [2.05, 4.69) is 18.2 Å². The van der Waals surface area contributed by atoms with Gasteiger partial charge < -0.3 is 10.5 Å². The minimum Gasteiger partial charge on any atom is -0.487 e. The van der Waals surface area contributed by atoms with Crippen molar-refractivity contribution in [2.24, 2.45) is 0 Å². The fraction of sp³-hybridized carbons (Fsp3) is 0.250. The van der Waals surface area contributed by atoms with E-state index in [1.165, 1.54) is 42.2 Å². The van der Waals surface area contributed by atoms with Gasteiger partial charge in [0.25, 0.3) is 0 Å². The van der Waals surface area contributed by atoms with Crippen molar-refractivity contribution in [2.45, 2.75) is 25.9 Å². The van der Waals surface area contributed by atoms with Crippen LogP contribution in [0, 0.1) is 5.82 Å². The molecule has 2 aromatic carbocycles. The Morgan fingerprint density at radius 1 is 1.05 bits per heavy atom. The van der Waals surface area contributed by atoms with Gasteiger partial charge in [0.2, 0.25) is 0 Å². The molecule has 0 unspecified atom stereocenters. The maximum absolute atomic E-state index is 13.1. The van der Waals surface area contributed by atoms with Crippen LogP contribution in [-0.4, -0.2) is 0 Å². The zero-order valence-corrected chi connectivity index (χ0v) is 10.7. The molecule has 2 aromatic rings. The summed E-state index contributed by atoms with van der Waals surface area (Å²) in [6, 6.07) is 10.6. The molecule has 0 spiro atoms. The van der Waals surface area contributed by atoms with Crippen molar-refractivity contribution in [3.63, 3.8) is 0 Å². The molecule has 0 aliphatic heterocycles. The number of nitrogens with two attached hydrogens (primary N) is 1. The first-order valence-corrected chi connectivity index (χ1v) is 6.51. The number of ether oxygens (including phenoxy) is 1. The third-order valence-electron chi connectivity index (χ3n) is 3.53. The summed E-state index contributed by atoms with van der Waals surface area (Å²) in [5, 5.41) is 0. The average Bonchev–Trinajstić information content (AvgIpc) is 2.87. The first-order chi connectivity index (χ1) is 9.22. The fourth-order valence-corrected chi connectivity index (χ4v) is 2.51. The zero-order valence-electron chi connectivity index (χ0n) is 10.7. The number of halogens is 1. The molecule has 0 bridgehead atoms. The SMILES string of the molecule is Nc1ccc(F)cc1OCc1ccc2c(c1)CCC2. The topological polar surface area (TPSA) is 35.2 Å². The minimum atomic E-state index is -0.335. The van der Waals surface area contributed by atoms with Gasteiger partial charge in [0, 0.05) is 6.07 Å². The molecule has 0 aromatic heterocycles. The maximum Gasteiger partial charge on any atom is 0.145 e. The van der Waals surface area contributed by atoms with Crippen LogP contribution in [-0.2, 0) is 19.4 Å². The van der Waals surface area contributed by atoms with E-state index in [-0.39, 0.29) is 5.82 Å². The van der Waals surface area contributed by atoms with Gasteiger partial charge in [-0.2, -0.15) is 0 Å². The van der Waals surface area contributed by atoms with Crippen molar-refractivity contribution < 1.29 is 9.13 Å². The second-order valence-electron chi connectivity index (χ2n) is 4.93. The van der Waals surface area contributed by atoms with Gasteiger partial charge in [0.15, 0.2) is 0 Å². The number of anilines is 1. The predicted octanol–water partition coefficient (Wildman–Crippen LogP) is 3.48. The van der Waals surface area contributed by atoms with Gasteiger partial charge >= 0.3 is 0 Å². The Hall–Kier alpha value is -2.03. The van der Waals surface area contributed by atoms with Crippen LogP contribution in [0.3, 0.4) is 0 Å². The highest BCUT2D eigenvalue weighted by molar-refractivity contribution is 5.52. The molecule has 2 nitrogen and oxygen atoms in total. The largest absolute Gasteiger partial charge is 0.487 e. The van der Waals surface area contributed by atoms with E-state index < -0.39 is 0 Å². The van der Waals surface area contributed by atoms with Crippen LogP contribution >= 0.6 is 0 Å². The highest BCUT2D eigenvalue weighted by atomic mass is 19.1. The average molecular weight is 257 g/mol. The van der Waals surface area contributed by atoms with E-state index in [1.54, 1.807) is 0 Å². The van der Waals surface area contributed by atoms with Crippen LogP contribution in [0.4, 0.5) is 10.1 Å². The summed E-state index contributed by atoms with van der Waals surface area (Å²) in [5.74, 6) is 0.0682. The van der Waals surface area contributed by atoms with Crippen molar-refractivity contribution in [2.75, 3.05) is 5.73 Å². The van der Waals surface area contributed by atoms with Crippen LogP contribution in [0.25, 0.3) is 0 Å². The van der Waals surface area contributed by atoms with Gasteiger partial charge in [-0.25, -0.2) is 4.39 Å². The van der Waals surface area contributed by atoms with Crippen LogP contribution in [0.5, 0.6) is 5.75 Å². The third kappa shape index (κ3) is 2.55. The normalized spacial score (nSPS) is 13.3. The smallest absolute Gasteiger partial charge is 0.145 e. The lowest BCUT2D eigenvalue weighted by Gasteiger charge is -2.10. The molecule has 98 valence electrons. The van der Waals surface area contributed by atoms with Crippen LogP contribution in [0.15, 0.2) is 36.4 Å². The lowest BCUT2D eigenvalue weighted by molar-refractivity contribution is 0.306. The van der Waals surface area contributed by atoms with Crippen molar-refractivity contribution >= 4 is 5.69 Å². The Morgan fingerprint density at radius 3 is 2.79 bits per heavy atom. The number of benzene rings is 2. The van der Waals surface area contributed by atoms with Gasteiger partial charge in [-0.3, -0.25) is 0 Å². The molecule has 3 heteroatoms. The van der Waals surface area contributed by atoms with Gasteiger partial charge in [0.1, 0.15) is 18.2 Å². The summed E-state index contributed by atoms with van der Waals surface area (Å²) in [5.41, 5.74) is 10.2. The number of hydrogen-bond acceptors (Lipinski definition) is 2. The lowest BCUT2D eigenvalue weighted by atomic mass is 10.1. The molecule has 0 saturated carbocycles. The second-order valence-corrected chi connectivity index (χ2v) is 4.93. The molecule has 1 aliphatic rings. The van der Waals surface area contributed by atoms with Crippen LogP contribution in [0.1, 0.15) is 23.1 Å². The molecule has 19 heavy (non-hydrogen) atoms. The fourth-order valence-electron chi connectivity index (χ4n) is 2.51. The molecule has 0 amide bonds. The first kappa shape index (κ1) is 12.0. The quantitative estimate of drug-likeness (QED) is 0.854. The Kier molecular flexibility index (Phi) is 3.11. The van der Waals surface area contributed by atoms with Gasteiger partial charge in [0.05, 0.1) is 5.69 Å². The zero-order chi connectivity index (χ0) is 13.2. The standard InChI is InChI=1S/C16H16FNO/c17-14-6-7-15(18)16(9-14)19-10-11-4-5-12-2-1-3-13(12)8-11/h4-9H,1-3,10,18H2. The van der Waals surface area contributed by atoms with E-state index >= 15 is 0 Å². The number of nitrogen functional groups attached to an aromatic ring is 1. The molecular weight excluding hydrogens is 241 g/mol. The van der Waals surface area contributed by atoms with E-state index in [9.17, 15) is 4.39 Å². The first-order valence-electron chi connectivity index (χ1n) is 6.51. The monoisotopic (exact) mass is 257 g/mol. The van der Waals surface area contributed by atoms with Crippen LogP contribution in [0.2, 0.25) is 0 Å². The highest BCUT2D eigenvalue weighted by Crippen LogP contribution is 2.25. The Labute approximate surface area is 112 Å². The summed E-state index contributed by atoms with van der Waals surface area (Å²) in [6.45, 7) is 0.418. The van der Waals surface area contributed by atoms with Crippen molar-refractivity contribution in [1.29, 1.82) is 0 Å². The maximum atomic E-state index is 13.1. The summed E-state index contributed by atoms with van der Waals surface area (Å²) >= 11 is 0. The molecule has 2 N–H and O–H groups in total. The Balaban J connectivity index is 1.74. The van der Waals surface area contributed by atoms with E-state index in [0.717, 1.165) is 12.0 Å². The molecule has 0 fully saturated rings. The minimum absolute atomic E-state index is 0.335. The molecule has 0 atom stereocenters. The summed E-state index contributed by atoms with van der Waals surface area (Å²) in [6.07, 6.45) is 3.55. The molecule has 0 heterocycles. The number of fused-ring (bicyclic) bond motifs is 1. The third-order valence-corrected chi connectivity index (χ3v) is 3.53. The highest BCUT2D eigenvalue weighted by Gasteiger charge is 2.11. The second kappa shape index (κ2) is 4.92. The number of rotatable bonds is 3. The van der Waals surface area contributed by atoms with Gasteiger partial charge in [-0.05, 0) is 48.1 Å². The Morgan fingerprint density at radius 2 is 1.89 bits per heavy atom. The summed E-state index contributed by atoms with van der Waals surface area (Å²) in [4.78, 5) is 0. The molecule has 0 radical (unpaired) electrons. The lowest BCUT2D eigenvalue weighted by Crippen LogP contribution is -2.00. The van der Waals surface area contributed by atoms with Gasteiger partial charge in [-0.15, -0.1) is 0 Å². The number of hydrogen-bond donors (Lipinski definition) is 1. The summed E-state index contributed by atoms with van der Waals surface area (Å²) < 4.78 is 18.7. The van der Waals surface area contributed by atoms with E-state index in [0.29, 0.717) is 18.0 Å². The van der Waals surface area contributed by atoms with E-state index in [1.807, 2.05) is 0 Å². The Bertz CT molecular complexity index is 610. The molecule has 0 saturated heterocycles. The van der Waals surface area contributed by atoms with E-state index in [4.69, 9.17) is 10.5 Å². The van der Waals surface area contributed by atoms with Gasteiger partial charge in [-0.1, -0.05) is 18.2 Å². The van der Waals surface area contributed by atoms with Crippen molar-refractivity contribution in [3.8, 4) is 5.75 Å².